The van der Waals surface area contributed by atoms with E-state index in [1.807, 2.05) is 6.07 Å². The maximum atomic E-state index is 12.8. The van der Waals surface area contributed by atoms with Gasteiger partial charge in [-0.3, -0.25) is 14.4 Å². The summed E-state index contributed by atoms with van der Waals surface area (Å²) in [6, 6.07) is 14.1. The first kappa shape index (κ1) is 18.5. The van der Waals surface area contributed by atoms with Crippen LogP contribution in [0.2, 0.25) is 0 Å². The second kappa shape index (κ2) is 7.96. The topological polar surface area (TPSA) is 91.7 Å². The zero-order chi connectivity index (χ0) is 19.4. The molecule has 0 aliphatic carbocycles. The minimum Gasteiger partial charge on any atom is -0.306 e. The number of nitrogens with zero attached hydrogens (tertiary/aromatic N) is 3. The van der Waals surface area contributed by atoms with Crippen LogP contribution in [0.5, 0.6) is 0 Å². The molecule has 0 atom stereocenters. The van der Waals surface area contributed by atoms with E-state index < -0.39 is 11.7 Å². The van der Waals surface area contributed by atoms with Gasteiger partial charge in [0.05, 0.1) is 5.69 Å². The van der Waals surface area contributed by atoms with E-state index in [0.29, 0.717) is 11.5 Å². The Morgan fingerprint density at radius 2 is 1.70 bits per heavy atom. The van der Waals surface area contributed by atoms with E-state index in [9.17, 15) is 14.4 Å². The smallest absolute Gasteiger partial charge is 0.263 e. The summed E-state index contributed by atoms with van der Waals surface area (Å²) >= 11 is 1.00. The molecule has 1 aliphatic rings. The van der Waals surface area contributed by atoms with E-state index in [4.69, 9.17) is 0 Å². The number of hydrogen-bond acceptors (Lipinski definition) is 7. The van der Waals surface area contributed by atoms with Crippen molar-refractivity contribution in [2.45, 2.75) is 13.8 Å². The molecule has 0 bridgehead atoms. The van der Waals surface area contributed by atoms with Gasteiger partial charge in [0, 0.05) is 13.1 Å². The lowest BCUT2D eigenvalue weighted by molar-refractivity contribution is -0.119. The molecule has 0 unspecified atom stereocenters. The first-order valence-electron chi connectivity index (χ1n) is 8.07. The summed E-state index contributed by atoms with van der Waals surface area (Å²) in [5.41, 5.74) is 0.551. The number of para-hydroxylation sites is 1. The highest BCUT2D eigenvalue weighted by Gasteiger charge is 2.33. The molecule has 1 N–H and O–H groups in total. The molecule has 27 heavy (non-hydrogen) atoms. The molecule has 8 heteroatoms. The number of hydrogen-bond donors (Lipinski definition) is 1. The number of carbonyl (C=O) groups excluding carboxylic acids is 3. The first-order valence-corrected chi connectivity index (χ1v) is 8.89. The molecule has 1 aliphatic heterocycles. The molecule has 0 fully saturated rings. The van der Waals surface area contributed by atoms with Crippen LogP contribution < -0.4 is 10.3 Å². The highest BCUT2D eigenvalue weighted by molar-refractivity contribution is 8.19. The van der Waals surface area contributed by atoms with Crippen LogP contribution in [-0.4, -0.2) is 27.5 Å². The quantitative estimate of drug-likeness (QED) is 0.487. The lowest BCUT2D eigenvalue weighted by Crippen LogP contribution is -2.24. The number of ketones is 2. The van der Waals surface area contributed by atoms with E-state index in [1.54, 1.807) is 42.5 Å². The molecule has 0 saturated heterocycles. The number of aromatic nitrogens is 1. The van der Waals surface area contributed by atoms with Crippen LogP contribution in [0.1, 0.15) is 13.8 Å². The summed E-state index contributed by atoms with van der Waals surface area (Å²) in [6.07, 6.45) is 1.54. The number of carbonyl (C=O) groups is 3. The Hall–Kier alpha value is -3.26. The maximum Gasteiger partial charge on any atom is 0.263 e. The van der Waals surface area contributed by atoms with Crippen LogP contribution in [0.4, 0.5) is 11.5 Å². The van der Waals surface area contributed by atoms with Gasteiger partial charge in [0.1, 0.15) is 16.4 Å². The van der Waals surface area contributed by atoms with Crippen LogP contribution >= 0.6 is 11.8 Å². The summed E-state index contributed by atoms with van der Waals surface area (Å²) < 4.78 is 0. The number of hydrazone groups is 1. The molecule has 1 amide bonds. The second-order valence-electron chi connectivity index (χ2n) is 5.62. The van der Waals surface area contributed by atoms with Gasteiger partial charge >= 0.3 is 0 Å². The van der Waals surface area contributed by atoms with Crippen molar-refractivity contribution in [3.05, 3.63) is 65.3 Å². The normalized spacial score (nSPS) is 15.2. The third kappa shape index (κ3) is 4.12. The number of pyridine rings is 1. The number of Topliss-reactive ketones (excluding diaryl/α,β-unsaturated/α-hetero) is 2. The van der Waals surface area contributed by atoms with Gasteiger partial charge in [-0.25, -0.2) is 9.99 Å². The number of thioether (sulfide) groups is 1. The molecule has 1 aromatic carbocycles. The van der Waals surface area contributed by atoms with Gasteiger partial charge < -0.3 is 5.32 Å². The van der Waals surface area contributed by atoms with Crippen LogP contribution in [0.15, 0.2) is 70.4 Å². The third-order valence-corrected chi connectivity index (χ3v) is 4.71. The first-order chi connectivity index (χ1) is 13.0. The molecule has 0 saturated carbocycles. The van der Waals surface area contributed by atoms with E-state index >= 15 is 0 Å². The Balaban J connectivity index is 2.05. The average Bonchev–Trinajstić information content (AvgIpc) is 3.08. The van der Waals surface area contributed by atoms with Gasteiger partial charge in [0.2, 0.25) is 0 Å². The Labute approximate surface area is 160 Å². The number of rotatable bonds is 5. The molecule has 136 valence electrons. The fourth-order valence-electron chi connectivity index (χ4n) is 2.36. The molecule has 0 radical (unpaired) electrons. The standard InChI is InChI=1S/C19H16N4O3S/c1-12(24)16(17(26)21-15-10-6-7-11-20-15)19-23(14-8-4-3-5-9-14)22-18(27-19)13(2)25/h3-11H,1-2H3,(H,20,21,26)/b19-16+. The van der Waals surface area contributed by atoms with E-state index in [2.05, 4.69) is 15.4 Å². The predicted octanol–water partition coefficient (Wildman–Crippen LogP) is 2.98. The van der Waals surface area contributed by atoms with Crippen molar-refractivity contribution in [1.29, 1.82) is 0 Å². The average molecular weight is 380 g/mol. The number of nitrogens with one attached hydrogen (secondary N) is 1. The van der Waals surface area contributed by atoms with Gasteiger partial charge in [-0.05, 0) is 43.0 Å². The third-order valence-electron chi connectivity index (χ3n) is 3.58. The van der Waals surface area contributed by atoms with Crippen molar-refractivity contribution in [1.82, 2.24) is 4.98 Å². The Morgan fingerprint density at radius 1 is 1.00 bits per heavy atom. The molecule has 1 aromatic heterocycles. The minimum atomic E-state index is -0.607. The summed E-state index contributed by atoms with van der Waals surface area (Å²) in [5.74, 6) is -0.968. The zero-order valence-electron chi connectivity index (χ0n) is 14.7. The van der Waals surface area contributed by atoms with Crippen molar-refractivity contribution >= 4 is 45.8 Å². The van der Waals surface area contributed by atoms with E-state index in [0.717, 1.165) is 11.8 Å². The van der Waals surface area contributed by atoms with Crippen molar-refractivity contribution in [3.8, 4) is 0 Å². The van der Waals surface area contributed by atoms with Crippen LogP contribution in [0.3, 0.4) is 0 Å². The van der Waals surface area contributed by atoms with E-state index in [1.165, 1.54) is 25.1 Å². The van der Waals surface area contributed by atoms with Gasteiger partial charge in [-0.15, -0.1) is 0 Å². The molecular formula is C19H16N4O3S. The summed E-state index contributed by atoms with van der Waals surface area (Å²) in [5, 5.41) is 8.83. The Morgan fingerprint density at radius 3 is 2.30 bits per heavy atom. The summed E-state index contributed by atoms with van der Waals surface area (Å²) in [4.78, 5) is 41.0. The second-order valence-corrected chi connectivity index (χ2v) is 6.59. The van der Waals surface area contributed by atoms with Gasteiger partial charge in [0.25, 0.3) is 5.91 Å². The molecular weight excluding hydrogens is 364 g/mol. The SMILES string of the molecule is CC(=O)C1=NN(c2ccccc2)/C(=C(/C(C)=O)C(=O)Nc2ccccn2)S1. The summed E-state index contributed by atoms with van der Waals surface area (Å²) in [7, 11) is 0. The number of benzene rings is 1. The lowest BCUT2D eigenvalue weighted by Gasteiger charge is -2.18. The van der Waals surface area contributed by atoms with Crippen LogP contribution in [0.25, 0.3) is 0 Å². The fourth-order valence-corrected chi connectivity index (χ4v) is 3.38. The van der Waals surface area contributed by atoms with Gasteiger partial charge in [0.15, 0.2) is 16.6 Å². The number of anilines is 2. The van der Waals surface area contributed by atoms with Crippen molar-refractivity contribution in [2.75, 3.05) is 10.3 Å². The molecule has 7 nitrogen and oxygen atoms in total. The number of amides is 1. The maximum absolute atomic E-state index is 12.8. The zero-order valence-corrected chi connectivity index (χ0v) is 15.5. The van der Waals surface area contributed by atoms with Gasteiger partial charge in [-0.1, -0.05) is 24.3 Å². The Bertz CT molecular complexity index is 955. The fraction of sp³-hybridized carbons (Fsp3) is 0.105. The van der Waals surface area contributed by atoms with Crippen molar-refractivity contribution in [3.63, 3.8) is 0 Å². The molecule has 0 spiro atoms. The monoisotopic (exact) mass is 380 g/mol. The summed E-state index contributed by atoms with van der Waals surface area (Å²) in [6.45, 7) is 2.69. The highest BCUT2D eigenvalue weighted by Crippen LogP contribution is 2.37. The highest BCUT2D eigenvalue weighted by atomic mass is 32.2. The molecule has 3 rings (SSSR count). The Kier molecular flexibility index (Phi) is 5.46. The van der Waals surface area contributed by atoms with Crippen LogP contribution in [-0.2, 0) is 14.4 Å². The van der Waals surface area contributed by atoms with E-state index in [-0.39, 0.29) is 21.4 Å². The lowest BCUT2D eigenvalue weighted by atomic mass is 10.2. The van der Waals surface area contributed by atoms with Crippen LogP contribution in [0, 0.1) is 0 Å². The van der Waals surface area contributed by atoms with Crippen molar-refractivity contribution in [2.24, 2.45) is 5.10 Å². The van der Waals surface area contributed by atoms with Gasteiger partial charge in [-0.2, -0.15) is 5.10 Å². The molecule has 2 heterocycles. The van der Waals surface area contributed by atoms with Crippen molar-refractivity contribution < 1.29 is 14.4 Å². The largest absolute Gasteiger partial charge is 0.306 e. The predicted molar refractivity (Wildman–Crippen MR) is 105 cm³/mol. The minimum absolute atomic E-state index is 0.0884. The molecule has 2 aromatic rings.